The molecule has 2 rings (SSSR count). The number of ether oxygens (including phenoxy) is 4. The lowest BCUT2D eigenvalue weighted by Gasteiger charge is -2.34. The Labute approximate surface area is 244 Å². The van der Waals surface area contributed by atoms with Crippen LogP contribution in [0.5, 0.6) is 0 Å². The fourth-order valence-corrected chi connectivity index (χ4v) is 3.95. The fraction of sp³-hybridized carbons (Fsp3) is 0.400. The first-order chi connectivity index (χ1) is 19.6. The van der Waals surface area contributed by atoms with Crippen molar-refractivity contribution in [1.29, 1.82) is 0 Å². The number of hydrogen-bond donors (Lipinski definition) is 2. The van der Waals surface area contributed by atoms with Crippen LogP contribution in [0, 0.1) is 27.7 Å². The summed E-state index contributed by atoms with van der Waals surface area (Å²) < 4.78 is 21.2. The van der Waals surface area contributed by atoms with Crippen molar-refractivity contribution in [2.75, 3.05) is 10.6 Å². The van der Waals surface area contributed by atoms with Gasteiger partial charge in [-0.3, -0.25) is 28.8 Å². The molecular weight excluding hydrogens is 548 g/mol. The monoisotopic (exact) mass is 584 g/mol. The van der Waals surface area contributed by atoms with E-state index in [9.17, 15) is 28.8 Å². The molecule has 42 heavy (non-hydrogen) atoms. The smallest absolute Gasteiger partial charge is 0.303 e. The first-order valence-electron chi connectivity index (χ1n) is 13.0. The zero-order chi connectivity index (χ0) is 31.7. The molecule has 4 unspecified atom stereocenters. The van der Waals surface area contributed by atoms with Crippen molar-refractivity contribution in [3.63, 3.8) is 0 Å². The van der Waals surface area contributed by atoms with Crippen LogP contribution in [-0.2, 0) is 47.7 Å². The minimum atomic E-state index is -1.94. The quantitative estimate of drug-likeness (QED) is 0.296. The Hall–Kier alpha value is -4.74. The SMILES string of the molecule is CC(=O)OC(C(=O)Nc1ccc(C)c(C)c1)C(OC(C)=O)C(OC(C)=O)C(OC(C)=O)C(=O)Nc1ccc(C)c(C)c1. The summed E-state index contributed by atoms with van der Waals surface area (Å²) in [5.74, 6) is -5.76. The van der Waals surface area contributed by atoms with Crippen LogP contribution in [0.1, 0.15) is 49.9 Å². The Balaban J connectivity index is 2.61. The molecule has 0 aromatic heterocycles. The average molecular weight is 585 g/mol. The van der Waals surface area contributed by atoms with Crippen molar-refractivity contribution >= 4 is 47.1 Å². The van der Waals surface area contributed by atoms with Gasteiger partial charge in [-0.25, -0.2) is 0 Å². The molecule has 226 valence electrons. The largest absolute Gasteiger partial charge is 0.454 e. The van der Waals surface area contributed by atoms with E-state index in [2.05, 4.69) is 10.6 Å². The highest BCUT2D eigenvalue weighted by atomic mass is 16.6. The number of amides is 2. The molecule has 2 N–H and O–H groups in total. The van der Waals surface area contributed by atoms with Gasteiger partial charge in [-0.05, 0) is 74.2 Å². The number of rotatable bonds is 11. The van der Waals surface area contributed by atoms with Crippen molar-refractivity contribution in [2.24, 2.45) is 0 Å². The first kappa shape index (κ1) is 33.5. The molecule has 2 aromatic carbocycles. The number of nitrogens with one attached hydrogen (secondary N) is 2. The Morgan fingerprint density at radius 1 is 0.500 bits per heavy atom. The van der Waals surface area contributed by atoms with Crippen LogP contribution in [-0.4, -0.2) is 60.1 Å². The highest BCUT2D eigenvalue weighted by Crippen LogP contribution is 2.24. The number of hydrogen-bond acceptors (Lipinski definition) is 10. The lowest BCUT2D eigenvalue weighted by Crippen LogP contribution is -2.57. The second kappa shape index (κ2) is 14.8. The molecule has 12 heteroatoms. The van der Waals surface area contributed by atoms with Crippen LogP contribution in [0.3, 0.4) is 0 Å². The number of anilines is 2. The Morgan fingerprint density at radius 2 is 0.810 bits per heavy atom. The maximum Gasteiger partial charge on any atom is 0.303 e. The molecule has 0 heterocycles. The summed E-state index contributed by atoms with van der Waals surface area (Å²) in [4.78, 5) is 75.7. The van der Waals surface area contributed by atoms with Crippen LogP contribution in [0.4, 0.5) is 11.4 Å². The van der Waals surface area contributed by atoms with E-state index in [1.165, 1.54) is 0 Å². The van der Waals surface area contributed by atoms with Gasteiger partial charge in [0.1, 0.15) is 0 Å². The van der Waals surface area contributed by atoms with E-state index in [1.807, 2.05) is 27.7 Å². The van der Waals surface area contributed by atoms with Crippen molar-refractivity contribution in [1.82, 2.24) is 0 Å². The molecule has 2 aromatic rings. The van der Waals surface area contributed by atoms with Crippen LogP contribution >= 0.6 is 0 Å². The summed E-state index contributed by atoms with van der Waals surface area (Å²) >= 11 is 0. The van der Waals surface area contributed by atoms with Gasteiger partial charge in [0, 0.05) is 39.1 Å². The molecule has 0 aliphatic rings. The van der Waals surface area contributed by atoms with E-state index >= 15 is 0 Å². The van der Waals surface area contributed by atoms with Crippen LogP contribution in [0.2, 0.25) is 0 Å². The van der Waals surface area contributed by atoms with Crippen LogP contribution < -0.4 is 10.6 Å². The van der Waals surface area contributed by atoms with Crippen molar-refractivity contribution in [3.05, 3.63) is 58.7 Å². The van der Waals surface area contributed by atoms with E-state index in [-0.39, 0.29) is 0 Å². The third-order valence-corrected chi connectivity index (χ3v) is 6.18. The summed E-state index contributed by atoms with van der Waals surface area (Å²) in [6.07, 6.45) is -7.72. The summed E-state index contributed by atoms with van der Waals surface area (Å²) in [6.45, 7) is 11.4. The Morgan fingerprint density at radius 3 is 1.07 bits per heavy atom. The minimum absolute atomic E-state index is 0.329. The molecule has 0 spiro atoms. The number of carbonyl (C=O) groups excluding carboxylic acids is 6. The van der Waals surface area contributed by atoms with E-state index in [4.69, 9.17) is 18.9 Å². The van der Waals surface area contributed by atoms with Crippen molar-refractivity contribution in [3.8, 4) is 0 Å². The van der Waals surface area contributed by atoms with E-state index in [0.717, 1.165) is 49.9 Å². The zero-order valence-corrected chi connectivity index (χ0v) is 24.9. The number of esters is 4. The molecule has 0 aliphatic heterocycles. The summed E-state index contributed by atoms with van der Waals surface area (Å²) in [7, 11) is 0. The maximum atomic E-state index is 13.5. The number of aryl methyl sites for hydroxylation is 4. The molecule has 12 nitrogen and oxygen atoms in total. The minimum Gasteiger partial charge on any atom is -0.454 e. The molecule has 0 saturated heterocycles. The van der Waals surface area contributed by atoms with Gasteiger partial charge in [0.15, 0.2) is 12.2 Å². The molecular formula is C30H36N2O10. The highest BCUT2D eigenvalue weighted by Gasteiger charge is 2.49. The molecule has 0 radical (unpaired) electrons. The van der Waals surface area contributed by atoms with Gasteiger partial charge < -0.3 is 29.6 Å². The number of benzene rings is 2. The van der Waals surface area contributed by atoms with E-state index < -0.39 is 60.1 Å². The van der Waals surface area contributed by atoms with Gasteiger partial charge in [0.2, 0.25) is 12.2 Å². The molecule has 2 amide bonds. The van der Waals surface area contributed by atoms with Gasteiger partial charge in [-0.15, -0.1) is 0 Å². The third-order valence-electron chi connectivity index (χ3n) is 6.18. The van der Waals surface area contributed by atoms with E-state index in [0.29, 0.717) is 11.4 Å². The topological polar surface area (TPSA) is 163 Å². The molecule has 0 aliphatic carbocycles. The lowest BCUT2D eigenvalue weighted by atomic mass is 9.99. The van der Waals surface area contributed by atoms with Crippen molar-refractivity contribution in [2.45, 2.75) is 79.8 Å². The second-order valence-corrected chi connectivity index (χ2v) is 9.78. The average Bonchev–Trinajstić information content (AvgIpc) is 2.87. The third kappa shape index (κ3) is 9.72. The number of carbonyl (C=O) groups is 6. The van der Waals surface area contributed by atoms with Gasteiger partial charge in [-0.2, -0.15) is 0 Å². The van der Waals surface area contributed by atoms with Gasteiger partial charge in [0.25, 0.3) is 11.8 Å². The van der Waals surface area contributed by atoms with Crippen LogP contribution in [0.25, 0.3) is 0 Å². The van der Waals surface area contributed by atoms with E-state index in [1.54, 1.807) is 36.4 Å². The molecule has 0 fully saturated rings. The van der Waals surface area contributed by atoms with Crippen LogP contribution in [0.15, 0.2) is 36.4 Å². The summed E-state index contributed by atoms with van der Waals surface area (Å²) in [6, 6.07) is 10.1. The summed E-state index contributed by atoms with van der Waals surface area (Å²) in [5.41, 5.74) is 4.27. The maximum absolute atomic E-state index is 13.5. The molecule has 4 atom stereocenters. The van der Waals surface area contributed by atoms with Gasteiger partial charge >= 0.3 is 23.9 Å². The van der Waals surface area contributed by atoms with Gasteiger partial charge in [0.05, 0.1) is 0 Å². The zero-order valence-electron chi connectivity index (χ0n) is 24.9. The second-order valence-electron chi connectivity index (χ2n) is 9.78. The summed E-state index contributed by atoms with van der Waals surface area (Å²) in [5, 5.41) is 5.16. The predicted molar refractivity (Wildman–Crippen MR) is 151 cm³/mol. The predicted octanol–water partition coefficient (Wildman–Crippen LogP) is 3.22. The van der Waals surface area contributed by atoms with Crippen molar-refractivity contribution < 1.29 is 47.7 Å². The Kier molecular flexibility index (Phi) is 11.8. The fourth-order valence-electron chi connectivity index (χ4n) is 3.95. The highest BCUT2D eigenvalue weighted by molar-refractivity contribution is 5.98. The first-order valence-corrected chi connectivity index (χ1v) is 13.0. The standard InChI is InChI=1S/C30H36N2O10/c1-15-9-11-23(13-17(15)3)31-29(37)27(41-21(7)35)25(39-19(5)33)26(40-20(6)34)28(42-22(8)36)30(38)32-24-12-10-16(2)18(4)14-24/h9-14,25-28H,1-8H3,(H,31,37)(H,32,38). The normalized spacial score (nSPS) is 13.4. The molecule has 0 saturated carbocycles. The Bertz CT molecular complexity index is 1270. The van der Waals surface area contributed by atoms with Gasteiger partial charge in [-0.1, -0.05) is 12.1 Å². The lowest BCUT2D eigenvalue weighted by molar-refractivity contribution is -0.198. The molecule has 0 bridgehead atoms.